The summed E-state index contributed by atoms with van der Waals surface area (Å²) in [5.41, 5.74) is 4.39. The van der Waals surface area contributed by atoms with Crippen LogP contribution < -0.4 is 16.0 Å². The molecule has 0 radical (unpaired) electrons. The zero-order valence-corrected chi connectivity index (χ0v) is 18.7. The van der Waals surface area contributed by atoms with Gasteiger partial charge in [-0.3, -0.25) is 9.59 Å². The van der Waals surface area contributed by atoms with Crippen molar-refractivity contribution in [3.8, 4) is 0 Å². The molecule has 0 saturated heterocycles. The fourth-order valence-electron chi connectivity index (χ4n) is 3.60. The maximum Gasteiger partial charge on any atom is 0.246 e. The van der Waals surface area contributed by atoms with E-state index in [-0.39, 0.29) is 17.9 Å². The van der Waals surface area contributed by atoms with Crippen LogP contribution in [0.25, 0.3) is 0 Å². The molecule has 6 heteroatoms. The lowest BCUT2D eigenvalue weighted by Crippen LogP contribution is -2.53. The minimum absolute atomic E-state index is 0.124. The van der Waals surface area contributed by atoms with E-state index in [9.17, 15) is 9.59 Å². The maximum atomic E-state index is 12.9. The standard InChI is InChI=1S/C24H31N3O2S/c1-16(2)17-8-10-20(11-9-17)26-23(28)21(12-13-30-3)27-24(29)22-14-18-6-4-5-7-19(18)15-25-22/h4-11,16,21-22,25H,12-15H2,1-3H3,(H,26,28)(H,27,29)/t21-,22-/m1/s1. The van der Waals surface area contributed by atoms with Crippen molar-refractivity contribution in [2.75, 3.05) is 17.3 Å². The Morgan fingerprint density at radius 3 is 2.47 bits per heavy atom. The fourth-order valence-corrected chi connectivity index (χ4v) is 4.07. The number of hydrogen-bond donors (Lipinski definition) is 3. The molecule has 5 nitrogen and oxygen atoms in total. The van der Waals surface area contributed by atoms with Gasteiger partial charge in [0.05, 0.1) is 6.04 Å². The van der Waals surface area contributed by atoms with Crippen LogP contribution in [0, 0.1) is 0 Å². The molecule has 0 aliphatic carbocycles. The number of carbonyl (C=O) groups is 2. The Morgan fingerprint density at radius 2 is 1.80 bits per heavy atom. The lowest BCUT2D eigenvalue weighted by molar-refractivity contribution is -0.128. The third-order valence-corrected chi connectivity index (χ3v) is 6.13. The minimum Gasteiger partial charge on any atom is -0.343 e. The van der Waals surface area contributed by atoms with Crippen LogP contribution in [0.2, 0.25) is 0 Å². The SMILES string of the molecule is CSCC[C@@H](NC(=O)[C@H]1Cc2ccccc2CN1)C(=O)Nc1ccc(C(C)C)cc1. The molecule has 30 heavy (non-hydrogen) atoms. The summed E-state index contributed by atoms with van der Waals surface area (Å²) in [5.74, 6) is 0.939. The van der Waals surface area contributed by atoms with Crippen LogP contribution in [0.15, 0.2) is 48.5 Å². The van der Waals surface area contributed by atoms with Gasteiger partial charge < -0.3 is 16.0 Å². The first-order valence-corrected chi connectivity index (χ1v) is 11.9. The zero-order valence-electron chi connectivity index (χ0n) is 17.9. The van der Waals surface area contributed by atoms with Gasteiger partial charge in [0, 0.05) is 12.2 Å². The first-order chi connectivity index (χ1) is 14.5. The second-order valence-corrected chi connectivity index (χ2v) is 9.00. The second-order valence-electron chi connectivity index (χ2n) is 8.01. The topological polar surface area (TPSA) is 70.2 Å². The van der Waals surface area contributed by atoms with Gasteiger partial charge in [0.2, 0.25) is 11.8 Å². The Balaban J connectivity index is 1.63. The molecular formula is C24H31N3O2S. The predicted octanol–water partition coefficient (Wildman–Crippen LogP) is 3.70. The Bertz CT molecular complexity index is 867. The van der Waals surface area contributed by atoms with E-state index in [1.54, 1.807) is 11.8 Å². The van der Waals surface area contributed by atoms with E-state index < -0.39 is 6.04 Å². The first-order valence-electron chi connectivity index (χ1n) is 10.5. The number of fused-ring (bicyclic) bond motifs is 1. The molecule has 2 amide bonds. The number of anilines is 1. The molecule has 3 rings (SSSR count). The van der Waals surface area contributed by atoms with Crippen LogP contribution in [0.3, 0.4) is 0 Å². The van der Waals surface area contributed by atoms with Gasteiger partial charge in [0.25, 0.3) is 0 Å². The van der Waals surface area contributed by atoms with Crippen molar-refractivity contribution in [2.24, 2.45) is 0 Å². The third kappa shape index (κ3) is 5.86. The zero-order chi connectivity index (χ0) is 21.5. The summed E-state index contributed by atoms with van der Waals surface area (Å²) in [7, 11) is 0. The van der Waals surface area contributed by atoms with Crippen molar-refractivity contribution < 1.29 is 9.59 Å². The minimum atomic E-state index is -0.561. The van der Waals surface area contributed by atoms with Crippen LogP contribution in [-0.4, -0.2) is 35.9 Å². The highest BCUT2D eigenvalue weighted by Crippen LogP contribution is 2.18. The molecule has 3 N–H and O–H groups in total. The summed E-state index contributed by atoms with van der Waals surface area (Å²) in [5, 5.41) is 9.23. The van der Waals surface area contributed by atoms with Gasteiger partial charge in [-0.05, 0) is 59.6 Å². The van der Waals surface area contributed by atoms with Crippen molar-refractivity contribution in [1.82, 2.24) is 10.6 Å². The van der Waals surface area contributed by atoms with Crippen molar-refractivity contribution >= 4 is 29.3 Å². The van der Waals surface area contributed by atoms with Gasteiger partial charge in [0.15, 0.2) is 0 Å². The molecule has 0 unspecified atom stereocenters. The van der Waals surface area contributed by atoms with E-state index in [1.165, 1.54) is 16.7 Å². The van der Waals surface area contributed by atoms with Gasteiger partial charge in [-0.15, -0.1) is 0 Å². The van der Waals surface area contributed by atoms with Gasteiger partial charge in [-0.2, -0.15) is 11.8 Å². The van der Waals surface area contributed by atoms with E-state index in [2.05, 4.69) is 41.9 Å². The summed E-state index contributed by atoms with van der Waals surface area (Å²) in [6.45, 7) is 4.94. The third-order valence-electron chi connectivity index (χ3n) is 5.49. The van der Waals surface area contributed by atoms with E-state index in [0.29, 0.717) is 25.3 Å². The molecular weight excluding hydrogens is 394 g/mol. The molecule has 0 fully saturated rings. The summed E-state index contributed by atoms with van der Waals surface area (Å²) in [6, 6.07) is 15.2. The van der Waals surface area contributed by atoms with E-state index in [1.807, 2.05) is 42.7 Å². The summed E-state index contributed by atoms with van der Waals surface area (Å²) < 4.78 is 0. The monoisotopic (exact) mass is 425 g/mol. The highest BCUT2D eigenvalue weighted by molar-refractivity contribution is 7.98. The summed E-state index contributed by atoms with van der Waals surface area (Å²) in [6.07, 6.45) is 3.22. The number of rotatable bonds is 8. The van der Waals surface area contributed by atoms with Crippen molar-refractivity contribution in [3.05, 3.63) is 65.2 Å². The Labute approximate surface area is 183 Å². The highest BCUT2D eigenvalue weighted by atomic mass is 32.2. The first kappa shape index (κ1) is 22.4. The van der Waals surface area contributed by atoms with Crippen LogP contribution in [0.5, 0.6) is 0 Å². The summed E-state index contributed by atoms with van der Waals surface area (Å²) in [4.78, 5) is 25.8. The number of amides is 2. The Kier molecular flexibility index (Phi) is 7.94. The molecule has 2 aromatic rings. The Morgan fingerprint density at radius 1 is 1.10 bits per heavy atom. The normalized spacial score (nSPS) is 16.6. The van der Waals surface area contributed by atoms with Gasteiger partial charge in [-0.1, -0.05) is 50.2 Å². The van der Waals surface area contributed by atoms with Crippen LogP contribution in [0.4, 0.5) is 5.69 Å². The van der Waals surface area contributed by atoms with Gasteiger partial charge in [0.1, 0.15) is 6.04 Å². The predicted molar refractivity (Wildman–Crippen MR) is 125 cm³/mol. The molecule has 0 saturated carbocycles. The summed E-state index contributed by atoms with van der Waals surface area (Å²) >= 11 is 1.67. The number of carbonyl (C=O) groups excluding carboxylic acids is 2. The second kappa shape index (κ2) is 10.6. The maximum absolute atomic E-state index is 12.9. The fraction of sp³-hybridized carbons (Fsp3) is 0.417. The van der Waals surface area contributed by atoms with Crippen LogP contribution in [-0.2, 0) is 22.6 Å². The van der Waals surface area contributed by atoms with Crippen LogP contribution >= 0.6 is 11.8 Å². The van der Waals surface area contributed by atoms with Gasteiger partial charge in [-0.25, -0.2) is 0 Å². The van der Waals surface area contributed by atoms with Crippen molar-refractivity contribution in [2.45, 2.75) is 51.2 Å². The van der Waals surface area contributed by atoms with Crippen molar-refractivity contribution in [3.63, 3.8) is 0 Å². The molecule has 2 atom stereocenters. The van der Waals surface area contributed by atoms with Gasteiger partial charge >= 0.3 is 0 Å². The highest BCUT2D eigenvalue weighted by Gasteiger charge is 2.28. The molecule has 0 spiro atoms. The number of thioether (sulfide) groups is 1. The number of benzene rings is 2. The lowest BCUT2D eigenvalue weighted by Gasteiger charge is -2.27. The molecule has 0 bridgehead atoms. The number of nitrogens with one attached hydrogen (secondary N) is 3. The van der Waals surface area contributed by atoms with Crippen molar-refractivity contribution in [1.29, 1.82) is 0 Å². The molecule has 1 aliphatic heterocycles. The van der Waals surface area contributed by atoms with E-state index in [4.69, 9.17) is 0 Å². The molecule has 0 aromatic heterocycles. The average Bonchev–Trinajstić information content (AvgIpc) is 2.76. The van der Waals surface area contributed by atoms with E-state index >= 15 is 0 Å². The molecule has 160 valence electrons. The van der Waals surface area contributed by atoms with E-state index in [0.717, 1.165) is 11.4 Å². The smallest absolute Gasteiger partial charge is 0.246 e. The Hall–Kier alpha value is -2.31. The largest absolute Gasteiger partial charge is 0.343 e. The number of hydrogen-bond acceptors (Lipinski definition) is 4. The quantitative estimate of drug-likeness (QED) is 0.603. The molecule has 1 aliphatic rings. The molecule has 2 aromatic carbocycles. The lowest BCUT2D eigenvalue weighted by atomic mass is 9.95. The van der Waals surface area contributed by atoms with Crippen LogP contribution in [0.1, 0.15) is 42.9 Å². The molecule has 1 heterocycles. The average molecular weight is 426 g/mol.